The fraction of sp³-hybridized carbons (Fsp3) is 0.444. The van der Waals surface area contributed by atoms with Crippen LogP contribution in [0.3, 0.4) is 0 Å². The molecule has 1 heterocycles. The van der Waals surface area contributed by atoms with Crippen molar-refractivity contribution in [3.8, 4) is 0 Å². The third-order valence-corrected chi connectivity index (χ3v) is 5.86. The summed E-state index contributed by atoms with van der Waals surface area (Å²) in [6, 6.07) is 15.4. The normalized spacial score (nSPS) is 13.7. The Kier molecular flexibility index (Phi) is 8.26. The fourth-order valence-electron chi connectivity index (χ4n) is 3.97. The molecule has 2 aromatic rings. The Hall–Kier alpha value is -3.15. The van der Waals surface area contributed by atoms with Gasteiger partial charge in [0, 0.05) is 17.8 Å². The van der Waals surface area contributed by atoms with E-state index in [0.29, 0.717) is 12.1 Å². The second-order valence-electron chi connectivity index (χ2n) is 9.27. The van der Waals surface area contributed by atoms with Crippen LogP contribution in [-0.2, 0) is 16.0 Å². The van der Waals surface area contributed by atoms with E-state index in [4.69, 9.17) is 0 Å². The Morgan fingerprint density at radius 3 is 2.30 bits per heavy atom. The number of rotatable bonds is 9. The lowest BCUT2D eigenvalue weighted by Crippen LogP contribution is -2.44. The van der Waals surface area contributed by atoms with Gasteiger partial charge < -0.3 is 9.80 Å². The summed E-state index contributed by atoms with van der Waals surface area (Å²) >= 11 is 0. The number of unbranched alkanes of at least 4 members (excludes halogenated alkanes) is 1. The Balaban J connectivity index is 1.68. The molecule has 1 aliphatic rings. The van der Waals surface area contributed by atoms with Gasteiger partial charge in [-0.3, -0.25) is 19.3 Å². The summed E-state index contributed by atoms with van der Waals surface area (Å²) in [6.45, 7) is 8.87. The van der Waals surface area contributed by atoms with Crippen molar-refractivity contribution in [2.75, 3.05) is 31.2 Å². The molecule has 176 valence electrons. The number of nitrogens with zero attached hydrogens (tertiary/aromatic N) is 3. The zero-order valence-electron chi connectivity index (χ0n) is 20.2. The molecule has 1 saturated heterocycles. The van der Waals surface area contributed by atoms with Crippen LogP contribution in [0.15, 0.2) is 48.5 Å². The van der Waals surface area contributed by atoms with Gasteiger partial charge in [0.1, 0.15) is 19.8 Å². The first-order chi connectivity index (χ1) is 15.8. The zero-order chi connectivity index (χ0) is 24.0. The molecule has 3 rings (SSSR count). The lowest BCUT2D eigenvalue weighted by atomic mass is 10.1. The van der Waals surface area contributed by atoms with Crippen molar-refractivity contribution < 1.29 is 14.4 Å². The first kappa shape index (κ1) is 24.5. The molecular formula is C27H35N3O3. The van der Waals surface area contributed by atoms with Crippen molar-refractivity contribution >= 4 is 23.4 Å². The molecule has 33 heavy (non-hydrogen) atoms. The van der Waals surface area contributed by atoms with Crippen molar-refractivity contribution in [1.82, 2.24) is 9.80 Å². The van der Waals surface area contributed by atoms with E-state index in [9.17, 15) is 14.4 Å². The highest BCUT2D eigenvalue weighted by Gasteiger charge is 2.33. The van der Waals surface area contributed by atoms with Crippen LogP contribution >= 0.6 is 0 Å². The zero-order valence-corrected chi connectivity index (χ0v) is 20.2. The second kappa shape index (κ2) is 11.1. The number of carbonyl (C=O) groups excluding carboxylic acids is 3. The first-order valence-electron chi connectivity index (χ1n) is 11.8. The monoisotopic (exact) mass is 449 g/mol. The molecule has 2 aromatic carbocycles. The minimum atomic E-state index is -0.216. The summed E-state index contributed by atoms with van der Waals surface area (Å²) in [5.41, 5.74) is 3.69. The van der Waals surface area contributed by atoms with Crippen LogP contribution in [0, 0.1) is 12.8 Å². The molecular weight excluding hydrogens is 414 g/mol. The highest BCUT2D eigenvalue weighted by molar-refractivity contribution is 6.01. The quantitative estimate of drug-likeness (QED) is 0.574. The second-order valence-corrected chi connectivity index (χ2v) is 9.27. The SMILES string of the molecule is CCCCc1ccc(C(=O)N(CC(=O)N2CC(=O)N(c3ccc(C)cc3)C2)CC(C)C)cc1. The van der Waals surface area contributed by atoms with Crippen molar-refractivity contribution in [2.45, 2.75) is 47.0 Å². The van der Waals surface area contributed by atoms with Crippen LogP contribution in [0.5, 0.6) is 0 Å². The van der Waals surface area contributed by atoms with E-state index in [2.05, 4.69) is 6.92 Å². The van der Waals surface area contributed by atoms with E-state index in [1.807, 2.05) is 69.3 Å². The van der Waals surface area contributed by atoms with Crippen molar-refractivity contribution in [3.63, 3.8) is 0 Å². The molecule has 0 unspecified atom stereocenters. The molecule has 0 N–H and O–H groups in total. The van der Waals surface area contributed by atoms with Gasteiger partial charge >= 0.3 is 0 Å². The van der Waals surface area contributed by atoms with Gasteiger partial charge in [-0.25, -0.2) is 0 Å². The molecule has 1 aliphatic heterocycles. The Labute approximate surface area is 197 Å². The summed E-state index contributed by atoms with van der Waals surface area (Å²) in [4.78, 5) is 43.6. The third-order valence-electron chi connectivity index (χ3n) is 5.86. The molecule has 1 fully saturated rings. The van der Waals surface area contributed by atoms with E-state index in [0.717, 1.165) is 30.5 Å². The number of aryl methyl sites for hydroxylation is 2. The van der Waals surface area contributed by atoms with Gasteiger partial charge in [0.05, 0.1) is 0 Å². The van der Waals surface area contributed by atoms with Crippen LogP contribution in [0.1, 0.15) is 55.1 Å². The summed E-state index contributed by atoms with van der Waals surface area (Å²) < 4.78 is 0. The molecule has 0 bridgehead atoms. The van der Waals surface area contributed by atoms with Crippen molar-refractivity contribution in [1.29, 1.82) is 0 Å². The van der Waals surface area contributed by atoms with Gasteiger partial charge in [-0.05, 0) is 55.5 Å². The lowest BCUT2D eigenvalue weighted by molar-refractivity contribution is -0.132. The predicted octanol–water partition coefficient (Wildman–Crippen LogP) is 4.27. The van der Waals surface area contributed by atoms with Gasteiger partial charge in [-0.15, -0.1) is 0 Å². The van der Waals surface area contributed by atoms with Crippen LogP contribution in [0.4, 0.5) is 5.69 Å². The summed E-state index contributed by atoms with van der Waals surface area (Å²) in [5, 5.41) is 0. The molecule has 6 heteroatoms. The number of amides is 3. The maximum absolute atomic E-state index is 13.2. The Bertz CT molecular complexity index is 967. The van der Waals surface area contributed by atoms with Gasteiger partial charge in [0.25, 0.3) is 5.91 Å². The van der Waals surface area contributed by atoms with E-state index in [1.165, 1.54) is 10.5 Å². The van der Waals surface area contributed by atoms with Crippen LogP contribution in [0.2, 0.25) is 0 Å². The summed E-state index contributed by atoms with van der Waals surface area (Å²) in [5.74, 6) is -0.266. The number of benzene rings is 2. The highest BCUT2D eigenvalue weighted by Crippen LogP contribution is 2.20. The van der Waals surface area contributed by atoms with Crippen LogP contribution in [-0.4, -0.2) is 53.8 Å². The maximum Gasteiger partial charge on any atom is 0.254 e. The van der Waals surface area contributed by atoms with Crippen LogP contribution in [0.25, 0.3) is 0 Å². The van der Waals surface area contributed by atoms with E-state index in [-0.39, 0.29) is 43.4 Å². The molecule has 0 saturated carbocycles. The topological polar surface area (TPSA) is 60.9 Å². The minimum absolute atomic E-state index is 0.0303. The van der Waals surface area contributed by atoms with Gasteiger partial charge in [0.2, 0.25) is 11.8 Å². The molecule has 0 atom stereocenters. The number of hydrogen-bond donors (Lipinski definition) is 0. The minimum Gasteiger partial charge on any atom is -0.329 e. The molecule has 3 amide bonds. The van der Waals surface area contributed by atoms with E-state index >= 15 is 0 Å². The van der Waals surface area contributed by atoms with Crippen LogP contribution < -0.4 is 4.90 Å². The molecule has 0 aromatic heterocycles. The summed E-state index contributed by atoms with van der Waals surface area (Å²) in [7, 11) is 0. The number of hydrogen-bond acceptors (Lipinski definition) is 3. The Morgan fingerprint density at radius 2 is 1.70 bits per heavy atom. The number of anilines is 1. The van der Waals surface area contributed by atoms with Gasteiger partial charge in [-0.1, -0.05) is 57.0 Å². The third kappa shape index (κ3) is 6.44. The largest absolute Gasteiger partial charge is 0.329 e. The Morgan fingerprint density at radius 1 is 1.03 bits per heavy atom. The average molecular weight is 450 g/mol. The summed E-state index contributed by atoms with van der Waals surface area (Å²) in [6.07, 6.45) is 3.25. The fourth-order valence-corrected chi connectivity index (χ4v) is 3.97. The lowest BCUT2D eigenvalue weighted by Gasteiger charge is -2.26. The number of carbonyl (C=O) groups is 3. The van der Waals surface area contributed by atoms with Crippen molar-refractivity contribution in [3.05, 3.63) is 65.2 Å². The smallest absolute Gasteiger partial charge is 0.254 e. The predicted molar refractivity (Wildman–Crippen MR) is 131 cm³/mol. The molecule has 6 nitrogen and oxygen atoms in total. The van der Waals surface area contributed by atoms with Gasteiger partial charge in [-0.2, -0.15) is 0 Å². The van der Waals surface area contributed by atoms with Crippen molar-refractivity contribution in [2.24, 2.45) is 5.92 Å². The molecule has 0 spiro atoms. The maximum atomic E-state index is 13.2. The highest BCUT2D eigenvalue weighted by atomic mass is 16.2. The average Bonchev–Trinajstić information content (AvgIpc) is 3.19. The van der Waals surface area contributed by atoms with Gasteiger partial charge in [0.15, 0.2) is 0 Å². The van der Waals surface area contributed by atoms with E-state index < -0.39 is 0 Å². The molecule has 0 radical (unpaired) electrons. The molecule has 0 aliphatic carbocycles. The van der Waals surface area contributed by atoms with E-state index in [1.54, 1.807) is 9.80 Å². The first-order valence-corrected chi connectivity index (χ1v) is 11.8. The standard InChI is InChI=1S/C27H35N3O3/c1-5-6-7-22-10-12-23(13-11-22)27(33)28(16-20(2)3)17-25(31)29-18-26(32)30(19-29)24-14-8-21(4)9-15-24/h8-15,20H,5-7,16-19H2,1-4H3.